The van der Waals surface area contributed by atoms with Crippen molar-refractivity contribution in [1.29, 1.82) is 0 Å². The second kappa shape index (κ2) is 10.0. The fourth-order valence-electron chi connectivity index (χ4n) is 6.14. The van der Waals surface area contributed by atoms with Gasteiger partial charge in [0.25, 0.3) is 0 Å². The van der Waals surface area contributed by atoms with Gasteiger partial charge in [0.2, 0.25) is 6.79 Å². The van der Waals surface area contributed by atoms with Crippen LogP contribution < -0.4 is 19.5 Å². The lowest BCUT2D eigenvalue weighted by atomic mass is 9.68. The summed E-state index contributed by atoms with van der Waals surface area (Å²) in [7, 11) is 1.63. The fraction of sp³-hybridized carbons (Fsp3) is 0.400. The molecule has 2 aromatic carbocycles. The van der Waals surface area contributed by atoms with E-state index in [1.807, 2.05) is 31.2 Å². The summed E-state index contributed by atoms with van der Waals surface area (Å²) in [5, 5.41) is 3.81. The van der Waals surface area contributed by atoms with Crippen molar-refractivity contribution in [3.05, 3.63) is 75.6 Å². The van der Waals surface area contributed by atoms with Crippen LogP contribution in [0.4, 0.5) is 0 Å². The Morgan fingerprint density at radius 3 is 2.47 bits per heavy atom. The zero-order valence-electron chi connectivity index (χ0n) is 21.4. The third kappa shape index (κ3) is 4.43. The second-order valence-electron chi connectivity index (χ2n) is 10.3. The van der Waals surface area contributed by atoms with E-state index in [0.717, 1.165) is 42.7 Å². The van der Waals surface area contributed by atoms with Gasteiger partial charge in [0, 0.05) is 40.7 Å². The lowest BCUT2D eigenvalue weighted by Gasteiger charge is -2.40. The molecule has 0 bridgehead atoms. The third-order valence-electron chi connectivity index (χ3n) is 8.03. The minimum absolute atomic E-state index is 0.0354. The number of hydrogen-bond donors (Lipinski definition) is 1. The standard InChI is InChI=1S/C30H30ClNO6/c1-16-27(30(34)38-20-5-3-4-6-20)28(21-13-25-26(14-22(21)31)37-15-36-25)29-23(32-16)11-18(12-24(29)33)17-7-9-19(35-2)10-8-17/h7-11,13-14,18,20,28-29,32H,3-6,12,15H2,1-2H3. The Bertz CT molecular complexity index is 1340. The van der Waals surface area contributed by atoms with E-state index in [0.29, 0.717) is 39.8 Å². The number of benzene rings is 2. The van der Waals surface area contributed by atoms with Gasteiger partial charge in [-0.2, -0.15) is 0 Å². The summed E-state index contributed by atoms with van der Waals surface area (Å²) in [6.45, 7) is 1.96. The Balaban J connectivity index is 1.43. The van der Waals surface area contributed by atoms with Crippen LogP contribution in [0.5, 0.6) is 17.2 Å². The predicted molar refractivity (Wildman–Crippen MR) is 141 cm³/mol. The highest BCUT2D eigenvalue weighted by Crippen LogP contribution is 2.50. The molecule has 0 amide bonds. The monoisotopic (exact) mass is 535 g/mol. The van der Waals surface area contributed by atoms with Gasteiger partial charge in [0.1, 0.15) is 17.6 Å². The minimum atomic E-state index is -0.609. The van der Waals surface area contributed by atoms with Gasteiger partial charge in [0.05, 0.1) is 18.6 Å². The van der Waals surface area contributed by atoms with E-state index >= 15 is 0 Å². The van der Waals surface area contributed by atoms with Crippen molar-refractivity contribution >= 4 is 23.4 Å². The van der Waals surface area contributed by atoms with Crippen LogP contribution in [0.15, 0.2) is 59.4 Å². The van der Waals surface area contributed by atoms with Gasteiger partial charge in [-0.3, -0.25) is 4.79 Å². The zero-order chi connectivity index (χ0) is 26.4. The number of Topliss-reactive ketones (excluding diaryl/α,β-unsaturated/α-hetero) is 1. The Kier molecular flexibility index (Phi) is 6.56. The lowest BCUT2D eigenvalue weighted by molar-refractivity contribution is -0.144. The molecule has 0 radical (unpaired) electrons. The molecule has 6 rings (SSSR count). The molecule has 2 aliphatic heterocycles. The molecule has 4 aliphatic rings. The van der Waals surface area contributed by atoms with E-state index in [-0.39, 0.29) is 24.6 Å². The van der Waals surface area contributed by atoms with E-state index in [4.69, 9.17) is 30.5 Å². The molecular formula is C30H30ClNO6. The topological polar surface area (TPSA) is 83.1 Å². The normalized spacial score (nSPS) is 24.6. The average molecular weight is 536 g/mol. The summed E-state index contributed by atoms with van der Waals surface area (Å²) in [6.07, 6.45) is 6.12. The van der Waals surface area contributed by atoms with Crippen LogP contribution in [0.3, 0.4) is 0 Å². The van der Waals surface area contributed by atoms with E-state index < -0.39 is 17.8 Å². The SMILES string of the molecule is COc1ccc(C2C=C3NC(C)=C(C(=O)OC4CCCC4)C(c4cc5c(cc4Cl)OCO5)C3C(=O)C2)cc1. The molecule has 2 heterocycles. The van der Waals surface area contributed by atoms with Gasteiger partial charge in [0.15, 0.2) is 11.5 Å². The highest BCUT2D eigenvalue weighted by molar-refractivity contribution is 6.31. The van der Waals surface area contributed by atoms with Crippen molar-refractivity contribution in [2.45, 2.75) is 57.0 Å². The Morgan fingerprint density at radius 1 is 1.05 bits per heavy atom. The summed E-state index contributed by atoms with van der Waals surface area (Å²) in [6, 6.07) is 11.3. The summed E-state index contributed by atoms with van der Waals surface area (Å²) < 4.78 is 22.4. The number of ether oxygens (including phenoxy) is 4. The summed E-state index contributed by atoms with van der Waals surface area (Å²) in [5.74, 6) is 0.194. The maximum Gasteiger partial charge on any atom is 0.336 e. The summed E-state index contributed by atoms with van der Waals surface area (Å²) in [4.78, 5) is 27.6. The van der Waals surface area contributed by atoms with E-state index in [1.54, 1.807) is 19.2 Å². The van der Waals surface area contributed by atoms with Gasteiger partial charge in [-0.15, -0.1) is 0 Å². The van der Waals surface area contributed by atoms with E-state index in [9.17, 15) is 9.59 Å². The first kappa shape index (κ1) is 24.9. The van der Waals surface area contributed by atoms with Crippen LogP contribution in [-0.4, -0.2) is 31.8 Å². The first-order valence-electron chi connectivity index (χ1n) is 13.1. The van der Waals surface area contributed by atoms with Crippen LogP contribution in [0, 0.1) is 5.92 Å². The second-order valence-corrected chi connectivity index (χ2v) is 10.7. The van der Waals surface area contributed by atoms with Crippen LogP contribution in [-0.2, 0) is 14.3 Å². The van der Waals surface area contributed by atoms with Gasteiger partial charge in [-0.25, -0.2) is 4.79 Å². The van der Waals surface area contributed by atoms with Gasteiger partial charge in [-0.1, -0.05) is 29.8 Å². The molecule has 1 N–H and O–H groups in total. The molecule has 38 heavy (non-hydrogen) atoms. The highest BCUT2D eigenvalue weighted by atomic mass is 35.5. The smallest absolute Gasteiger partial charge is 0.336 e. The van der Waals surface area contributed by atoms with Crippen molar-refractivity contribution in [2.24, 2.45) is 5.92 Å². The number of hydrogen-bond acceptors (Lipinski definition) is 7. The number of carbonyl (C=O) groups is 2. The van der Waals surface area contributed by atoms with Crippen molar-refractivity contribution in [2.75, 3.05) is 13.9 Å². The number of fused-ring (bicyclic) bond motifs is 2. The van der Waals surface area contributed by atoms with Gasteiger partial charge in [-0.05, 0) is 61.9 Å². The predicted octanol–water partition coefficient (Wildman–Crippen LogP) is 5.78. The molecule has 1 saturated carbocycles. The van der Waals surface area contributed by atoms with Crippen molar-refractivity contribution in [1.82, 2.24) is 5.32 Å². The molecule has 3 unspecified atom stereocenters. The quantitative estimate of drug-likeness (QED) is 0.486. The zero-order valence-corrected chi connectivity index (χ0v) is 22.2. The first-order chi connectivity index (χ1) is 18.4. The summed E-state index contributed by atoms with van der Waals surface area (Å²) >= 11 is 6.79. The number of rotatable bonds is 5. The first-order valence-corrected chi connectivity index (χ1v) is 13.5. The van der Waals surface area contributed by atoms with Crippen LogP contribution in [0.1, 0.15) is 62.0 Å². The van der Waals surface area contributed by atoms with Crippen LogP contribution in [0.25, 0.3) is 0 Å². The Labute approximate surface area is 226 Å². The summed E-state index contributed by atoms with van der Waals surface area (Å²) in [5.41, 5.74) is 3.56. The lowest BCUT2D eigenvalue weighted by Crippen LogP contribution is -2.42. The molecule has 2 aromatic rings. The average Bonchev–Trinajstić information content (AvgIpc) is 3.59. The number of carbonyl (C=O) groups excluding carboxylic acids is 2. The van der Waals surface area contributed by atoms with E-state index in [2.05, 4.69) is 11.4 Å². The largest absolute Gasteiger partial charge is 0.497 e. The number of methoxy groups -OCH3 is 1. The number of halogens is 1. The molecule has 7 nitrogen and oxygen atoms in total. The Hall–Kier alpha value is -3.45. The molecule has 0 saturated heterocycles. The van der Waals surface area contributed by atoms with E-state index in [1.165, 1.54) is 0 Å². The van der Waals surface area contributed by atoms with Crippen molar-refractivity contribution < 1.29 is 28.5 Å². The molecule has 0 spiro atoms. The maximum absolute atomic E-state index is 13.9. The fourth-order valence-corrected chi connectivity index (χ4v) is 6.41. The van der Waals surface area contributed by atoms with Crippen LogP contribution in [0.2, 0.25) is 5.02 Å². The molecule has 0 aromatic heterocycles. The van der Waals surface area contributed by atoms with Crippen molar-refractivity contribution in [3.8, 4) is 17.2 Å². The molecule has 8 heteroatoms. The van der Waals surface area contributed by atoms with Crippen molar-refractivity contribution in [3.63, 3.8) is 0 Å². The Morgan fingerprint density at radius 2 is 1.76 bits per heavy atom. The molecule has 3 atom stereocenters. The van der Waals surface area contributed by atoms with Gasteiger partial charge < -0.3 is 24.3 Å². The number of nitrogens with one attached hydrogen (secondary N) is 1. The highest BCUT2D eigenvalue weighted by Gasteiger charge is 2.46. The minimum Gasteiger partial charge on any atom is -0.497 e. The molecular weight excluding hydrogens is 506 g/mol. The molecule has 198 valence electrons. The molecule has 2 aliphatic carbocycles. The third-order valence-corrected chi connectivity index (χ3v) is 8.36. The maximum atomic E-state index is 13.9. The number of allylic oxidation sites excluding steroid dienone is 3. The number of ketones is 1. The van der Waals surface area contributed by atoms with Gasteiger partial charge >= 0.3 is 5.97 Å². The van der Waals surface area contributed by atoms with Crippen LogP contribution >= 0.6 is 11.6 Å². The molecule has 1 fully saturated rings. The number of esters is 1.